The number of ketones is 1. The van der Waals surface area contributed by atoms with Gasteiger partial charge in [-0.25, -0.2) is 8.42 Å². The molecule has 0 saturated carbocycles. The molecule has 1 heterocycles. The van der Waals surface area contributed by atoms with Crippen LogP contribution >= 0.6 is 0 Å². The van der Waals surface area contributed by atoms with Gasteiger partial charge in [-0.3, -0.25) is 4.79 Å². The van der Waals surface area contributed by atoms with Gasteiger partial charge in [0.1, 0.15) is 13.2 Å². The Morgan fingerprint density at radius 3 is 2.40 bits per heavy atom. The average molecular weight is 432 g/mol. The summed E-state index contributed by atoms with van der Waals surface area (Å²) in [6.07, 6.45) is 3.09. The number of ether oxygens (including phenoxy) is 3. The lowest BCUT2D eigenvalue weighted by Gasteiger charge is -2.20. The summed E-state index contributed by atoms with van der Waals surface area (Å²) in [4.78, 5) is 12.7. The lowest BCUT2D eigenvalue weighted by molar-refractivity contribution is 0.104. The van der Waals surface area contributed by atoms with E-state index >= 15 is 0 Å². The van der Waals surface area contributed by atoms with Gasteiger partial charge in [0.25, 0.3) is 0 Å². The second-order valence-electron chi connectivity index (χ2n) is 6.56. The van der Waals surface area contributed by atoms with Crippen molar-refractivity contribution in [1.29, 1.82) is 0 Å². The van der Waals surface area contributed by atoms with E-state index in [2.05, 4.69) is 0 Å². The molecule has 8 heteroatoms. The molecule has 0 aliphatic carbocycles. The predicted octanol–water partition coefficient (Wildman–Crippen LogP) is 3.39. The van der Waals surface area contributed by atoms with Gasteiger partial charge >= 0.3 is 0 Å². The van der Waals surface area contributed by atoms with Crippen molar-refractivity contribution in [1.82, 2.24) is 4.31 Å². The van der Waals surface area contributed by atoms with Crippen molar-refractivity contribution >= 4 is 21.9 Å². The maximum absolute atomic E-state index is 12.6. The summed E-state index contributed by atoms with van der Waals surface area (Å²) < 4.78 is 43.0. The topological polar surface area (TPSA) is 82.1 Å². The number of methoxy groups -OCH3 is 1. The largest absolute Gasteiger partial charge is 0.493 e. The normalized spacial score (nSPS) is 13.6. The highest BCUT2D eigenvalue weighted by Gasteiger charge is 2.21. The minimum absolute atomic E-state index is 0.170. The Balaban J connectivity index is 1.79. The van der Waals surface area contributed by atoms with E-state index in [1.54, 1.807) is 39.2 Å². The van der Waals surface area contributed by atoms with Gasteiger partial charge in [-0.05, 0) is 48.0 Å². The highest BCUT2D eigenvalue weighted by Crippen LogP contribution is 2.40. The molecule has 0 bridgehead atoms. The summed E-state index contributed by atoms with van der Waals surface area (Å²) in [6, 6.07) is 9.50. The Labute approximate surface area is 176 Å². The van der Waals surface area contributed by atoms with E-state index in [0.29, 0.717) is 49.1 Å². The van der Waals surface area contributed by atoms with Crippen LogP contribution in [0.4, 0.5) is 0 Å². The van der Waals surface area contributed by atoms with Gasteiger partial charge in [0.2, 0.25) is 15.8 Å². The fraction of sp³-hybridized carbons (Fsp3) is 0.318. The highest BCUT2D eigenvalue weighted by atomic mass is 32.2. The van der Waals surface area contributed by atoms with Crippen molar-refractivity contribution in [2.45, 2.75) is 18.7 Å². The molecule has 3 rings (SSSR count). The molecule has 0 saturated heterocycles. The van der Waals surface area contributed by atoms with Crippen molar-refractivity contribution in [2.24, 2.45) is 0 Å². The molecular formula is C22H25NO6S. The zero-order chi connectivity index (χ0) is 21.7. The minimum Gasteiger partial charge on any atom is -0.493 e. The number of hydrogen-bond donors (Lipinski definition) is 0. The number of fused-ring (bicyclic) bond motifs is 1. The number of rotatable bonds is 8. The highest BCUT2D eigenvalue weighted by molar-refractivity contribution is 7.89. The van der Waals surface area contributed by atoms with Crippen LogP contribution in [-0.4, -0.2) is 51.9 Å². The summed E-state index contributed by atoms with van der Waals surface area (Å²) >= 11 is 0. The Kier molecular flexibility index (Phi) is 6.79. The van der Waals surface area contributed by atoms with Crippen LogP contribution in [0.1, 0.15) is 29.8 Å². The molecule has 1 aliphatic heterocycles. The SMILES string of the molecule is CCN(CC)S(=O)(=O)c1ccc(C(=O)/C=C/c2cc(OC)c3c(c2)OCCO3)cc1. The molecular weight excluding hydrogens is 406 g/mol. The summed E-state index contributed by atoms with van der Waals surface area (Å²) in [5.41, 5.74) is 1.12. The molecule has 2 aromatic carbocycles. The zero-order valence-electron chi connectivity index (χ0n) is 17.3. The quantitative estimate of drug-likeness (QED) is 0.471. The number of sulfonamides is 1. The van der Waals surface area contributed by atoms with Crippen LogP contribution < -0.4 is 14.2 Å². The Hall–Kier alpha value is -2.84. The van der Waals surface area contributed by atoms with Gasteiger partial charge in [0.05, 0.1) is 12.0 Å². The molecule has 1 aliphatic rings. The molecule has 0 spiro atoms. The fourth-order valence-electron chi connectivity index (χ4n) is 3.16. The van der Waals surface area contributed by atoms with E-state index in [1.807, 2.05) is 0 Å². The van der Waals surface area contributed by atoms with Gasteiger partial charge < -0.3 is 14.2 Å². The van der Waals surface area contributed by atoms with Crippen LogP contribution in [0.2, 0.25) is 0 Å². The summed E-state index contributed by atoms with van der Waals surface area (Å²) in [6.45, 7) is 5.26. The number of carbonyl (C=O) groups excluding carboxylic acids is 1. The van der Waals surface area contributed by atoms with Gasteiger partial charge in [-0.2, -0.15) is 4.31 Å². The average Bonchev–Trinajstić information content (AvgIpc) is 2.77. The lowest BCUT2D eigenvalue weighted by Crippen LogP contribution is -2.30. The van der Waals surface area contributed by atoms with Crippen molar-refractivity contribution in [3.63, 3.8) is 0 Å². The van der Waals surface area contributed by atoms with E-state index in [0.717, 1.165) is 5.56 Å². The van der Waals surface area contributed by atoms with Crippen LogP contribution in [0.25, 0.3) is 6.08 Å². The lowest BCUT2D eigenvalue weighted by atomic mass is 10.1. The molecule has 0 radical (unpaired) electrons. The van der Waals surface area contributed by atoms with E-state index in [9.17, 15) is 13.2 Å². The molecule has 0 amide bonds. The van der Waals surface area contributed by atoms with Crippen molar-refractivity contribution in [3.05, 3.63) is 53.6 Å². The fourth-order valence-corrected chi connectivity index (χ4v) is 4.62. The summed E-state index contributed by atoms with van der Waals surface area (Å²) in [5.74, 6) is 1.41. The number of carbonyl (C=O) groups is 1. The molecule has 160 valence electrons. The van der Waals surface area contributed by atoms with E-state index in [-0.39, 0.29) is 10.7 Å². The first-order chi connectivity index (χ1) is 14.4. The van der Waals surface area contributed by atoms with Crippen LogP contribution in [0, 0.1) is 0 Å². The van der Waals surface area contributed by atoms with Gasteiger partial charge in [-0.1, -0.05) is 19.9 Å². The first-order valence-electron chi connectivity index (χ1n) is 9.71. The molecule has 7 nitrogen and oxygen atoms in total. The van der Waals surface area contributed by atoms with Crippen LogP contribution in [-0.2, 0) is 10.0 Å². The number of benzene rings is 2. The standard InChI is InChI=1S/C22H25NO6S/c1-4-23(5-2)30(25,26)18-9-7-17(8-10-18)19(24)11-6-16-14-20(27-3)22-21(15-16)28-12-13-29-22/h6-11,14-15H,4-5,12-13H2,1-3H3/b11-6+. The van der Waals surface area contributed by atoms with E-state index < -0.39 is 10.0 Å². The molecule has 30 heavy (non-hydrogen) atoms. The maximum atomic E-state index is 12.6. The summed E-state index contributed by atoms with van der Waals surface area (Å²) in [5, 5.41) is 0. The Morgan fingerprint density at radius 1 is 1.10 bits per heavy atom. The Bertz CT molecular complexity index is 1020. The molecule has 0 N–H and O–H groups in total. The van der Waals surface area contributed by atoms with Gasteiger partial charge in [0, 0.05) is 18.7 Å². The maximum Gasteiger partial charge on any atom is 0.243 e. The van der Waals surface area contributed by atoms with Crippen LogP contribution in [0.15, 0.2) is 47.4 Å². The molecule has 0 fully saturated rings. The first-order valence-corrected chi connectivity index (χ1v) is 11.1. The number of nitrogens with zero attached hydrogens (tertiary/aromatic N) is 1. The van der Waals surface area contributed by atoms with E-state index in [4.69, 9.17) is 14.2 Å². The molecule has 0 aromatic heterocycles. The van der Waals surface area contributed by atoms with Crippen molar-refractivity contribution in [2.75, 3.05) is 33.4 Å². The van der Waals surface area contributed by atoms with Gasteiger partial charge in [-0.15, -0.1) is 0 Å². The monoisotopic (exact) mass is 431 g/mol. The second kappa shape index (κ2) is 9.32. The molecule has 2 aromatic rings. The minimum atomic E-state index is -3.55. The van der Waals surface area contributed by atoms with Gasteiger partial charge in [0.15, 0.2) is 17.3 Å². The zero-order valence-corrected chi connectivity index (χ0v) is 18.1. The van der Waals surface area contributed by atoms with Crippen LogP contribution in [0.3, 0.4) is 0 Å². The Morgan fingerprint density at radius 2 is 1.77 bits per heavy atom. The molecule has 0 unspecified atom stereocenters. The second-order valence-corrected chi connectivity index (χ2v) is 8.50. The van der Waals surface area contributed by atoms with E-state index in [1.165, 1.54) is 34.6 Å². The smallest absolute Gasteiger partial charge is 0.243 e. The number of allylic oxidation sites excluding steroid dienone is 1. The first kappa shape index (κ1) is 21.9. The summed E-state index contributed by atoms with van der Waals surface area (Å²) in [7, 11) is -2.01. The predicted molar refractivity (Wildman–Crippen MR) is 114 cm³/mol. The third-order valence-electron chi connectivity index (χ3n) is 4.76. The third-order valence-corrected chi connectivity index (χ3v) is 6.82. The van der Waals surface area contributed by atoms with Crippen molar-refractivity contribution in [3.8, 4) is 17.2 Å². The molecule has 0 atom stereocenters. The number of hydrogen-bond acceptors (Lipinski definition) is 6. The van der Waals surface area contributed by atoms with Crippen molar-refractivity contribution < 1.29 is 27.4 Å². The third kappa shape index (κ3) is 4.49. The van der Waals surface area contributed by atoms with Crippen LogP contribution in [0.5, 0.6) is 17.2 Å².